The van der Waals surface area contributed by atoms with Gasteiger partial charge in [0, 0.05) is 15.1 Å². The van der Waals surface area contributed by atoms with Crippen molar-refractivity contribution >= 4 is 56.6 Å². The van der Waals surface area contributed by atoms with Crippen LogP contribution in [0.5, 0.6) is 5.75 Å². The standard InChI is InChI=1S/C18H12BrClF3N3O2S/c19-12-2-4-14(27)10(6-12)8-24-26-17-25-16(28)15(29-17)7-9-5-11(18(21,22)23)1-3-13(9)20/h1-6,8,15,27H,7H2,(H,25,26,28)/b24-8+. The van der Waals surface area contributed by atoms with Gasteiger partial charge < -0.3 is 10.4 Å². The summed E-state index contributed by atoms with van der Waals surface area (Å²) in [7, 11) is 0. The molecule has 1 aliphatic heterocycles. The molecule has 1 aliphatic rings. The van der Waals surface area contributed by atoms with E-state index in [4.69, 9.17) is 11.6 Å². The third-order valence-corrected chi connectivity index (χ3v) is 5.82. The van der Waals surface area contributed by atoms with Gasteiger partial charge in [0.25, 0.3) is 0 Å². The summed E-state index contributed by atoms with van der Waals surface area (Å²) in [6.07, 6.45) is -3.17. The number of nitrogens with one attached hydrogen (secondary N) is 1. The van der Waals surface area contributed by atoms with Crippen molar-refractivity contribution < 1.29 is 23.1 Å². The molecule has 2 aromatic carbocycles. The number of aromatic hydroxyl groups is 1. The lowest BCUT2D eigenvalue weighted by Crippen LogP contribution is -2.26. The van der Waals surface area contributed by atoms with Crippen LogP contribution in [0.2, 0.25) is 5.02 Å². The fourth-order valence-corrected chi connectivity index (χ4v) is 3.99. The van der Waals surface area contributed by atoms with Gasteiger partial charge >= 0.3 is 6.18 Å². The van der Waals surface area contributed by atoms with E-state index < -0.39 is 22.9 Å². The Bertz CT molecular complexity index is 1010. The molecule has 1 saturated heterocycles. The second kappa shape index (κ2) is 8.76. The highest BCUT2D eigenvalue weighted by molar-refractivity contribution is 9.10. The molecule has 152 valence electrons. The van der Waals surface area contributed by atoms with Gasteiger partial charge in [0.1, 0.15) is 5.75 Å². The highest BCUT2D eigenvalue weighted by atomic mass is 79.9. The summed E-state index contributed by atoms with van der Waals surface area (Å²) in [6.45, 7) is 0. The predicted molar refractivity (Wildman–Crippen MR) is 111 cm³/mol. The van der Waals surface area contributed by atoms with Crippen molar-refractivity contribution in [1.82, 2.24) is 5.32 Å². The third-order valence-electron chi connectivity index (χ3n) is 3.89. The van der Waals surface area contributed by atoms with Crippen LogP contribution >= 0.6 is 39.3 Å². The van der Waals surface area contributed by atoms with Gasteiger partial charge in [-0.2, -0.15) is 18.3 Å². The highest BCUT2D eigenvalue weighted by Gasteiger charge is 2.34. The number of rotatable bonds is 4. The van der Waals surface area contributed by atoms with Gasteiger partial charge in [-0.25, -0.2) is 0 Å². The van der Waals surface area contributed by atoms with Gasteiger partial charge in [0.15, 0.2) is 5.17 Å². The first-order chi connectivity index (χ1) is 13.6. The number of phenols is 1. The van der Waals surface area contributed by atoms with E-state index in [2.05, 4.69) is 31.4 Å². The zero-order valence-corrected chi connectivity index (χ0v) is 17.5. The number of amidine groups is 1. The van der Waals surface area contributed by atoms with Crippen molar-refractivity contribution in [3.05, 3.63) is 62.6 Å². The molecule has 0 saturated carbocycles. The van der Waals surface area contributed by atoms with Gasteiger partial charge in [-0.3, -0.25) is 4.79 Å². The van der Waals surface area contributed by atoms with Crippen molar-refractivity contribution in [2.45, 2.75) is 17.8 Å². The van der Waals surface area contributed by atoms with Crippen molar-refractivity contribution in [2.75, 3.05) is 0 Å². The van der Waals surface area contributed by atoms with Crippen LogP contribution in [0, 0.1) is 0 Å². The lowest BCUT2D eigenvalue weighted by Gasteiger charge is -2.12. The summed E-state index contributed by atoms with van der Waals surface area (Å²) in [6, 6.07) is 7.79. The van der Waals surface area contributed by atoms with E-state index in [1.165, 1.54) is 18.3 Å². The summed E-state index contributed by atoms with van der Waals surface area (Å²) in [5.74, 6) is -0.389. The van der Waals surface area contributed by atoms with E-state index >= 15 is 0 Å². The second-order valence-electron chi connectivity index (χ2n) is 5.96. The van der Waals surface area contributed by atoms with Crippen LogP contribution in [-0.2, 0) is 17.4 Å². The van der Waals surface area contributed by atoms with E-state index in [0.717, 1.165) is 28.4 Å². The number of amides is 1. The maximum atomic E-state index is 12.9. The molecular weight excluding hydrogens is 495 g/mol. The smallest absolute Gasteiger partial charge is 0.416 e. The largest absolute Gasteiger partial charge is 0.507 e. The molecule has 0 radical (unpaired) electrons. The molecule has 5 nitrogen and oxygen atoms in total. The Morgan fingerprint density at radius 2 is 2.03 bits per heavy atom. The maximum Gasteiger partial charge on any atom is 0.416 e. The van der Waals surface area contributed by atoms with Crippen molar-refractivity contribution in [1.29, 1.82) is 0 Å². The quantitative estimate of drug-likeness (QED) is 0.453. The number of thioether (sulfide) groups is 1. The van der Waals surface area contributed by atoms with Crippen molar-refractivity contribution in [3.63, 3.8) is 0 Å². The lowest BCUT2D eigenvalue weighted by molar-refractivity contribution is -0.137. The first-order valence-corrected chi connectivity index (χ1v) is 10.1. The Labute approximate surface area is 181 Å². The number of alkyl halides is 3. The molecule has 29 heavy (non-hydrogen) atoms. The van der Waals surface area contributed by atoms with E-state index in [1.54, 1.807) is 12.1 Å². The Balaban J connectivity index is 1.71. The molecule has 3 rings (SSSR count). The van der Waals surface area contributed by atoms with Crippen LogP contribution in [0.3, 0.4) is 0 Å². The Hall–Kier alpha value is -2.04. The summed E-state index contributed by atoms with van der Waals surface area (Å²) >= 11 is 10.3. The molecule has 2 aromatic rings. The monoisotopic (exact) mass is 505 g/mol. The number of carbonyl (C=O) groups excluding carboxylic acids is 1. The van der Waals surface area contributed by atoms with Gasteiger partial charge in [-0.15, -0.1) is 5.10 Å². The Morgan fingerprint density at radius 3 is 2.76 bits per heavy atom. The average molecular weight is 507 g/mol. The van der Waals surface area contributed by atoms with Gasteiger partial charge in [0.2, 0.25) is 5.91 Å². The van der Waals surface area contributed by atoms with E-state index in [0.29, 0.717) is 5.56 Å². The maximum absolute atomic E-state index is 12.9. The second-order valence-corrected chi connectivity index (χ2v) is 8.47. The van der Waals surface area contributed by atoms with Crippen LogP contribution < -0.4 is 5.32 Å². The molecule has 1 fully saturated rings. The Kier molecular flexibility index (Phi) is 6.55. The summed E-state index contributed by atoms with van der Waals surface area (Å²) in [5, 5.41) is 19.7. The molecule has 1 amide bonds. The molecular formula is C18H12BrClF3N3O2S. The molecule has 11 heteroatoms. The van der Waals surface area contributed by atoms with Crippen LogP contribution in [0.15, 0.2) is 51.1 Å². The zero-order chi connectivity index (χ0) is 21.2. The summed E-state index contributed by atoms with van der Waals surface area (Å²) in [5.41, 5.74) is -0.184. The molecule has 2 N–H and O–H groups in total. The van der Waals surface area contributed by atoms with Crippen LogP contribution in [-0.4, -0.2) is 27.6 Å². The van der Waals surface area contributed by atoms with E-state index in [-0.39, 0.29) is 27.9 Å². The normalized spacial score (nSPS) is 18.6. The van der Waals surface area contributed by atoms with E-state index in [1.807, 2.05) is 0 Å². The first kappa shape index (κ1) is 21.7. The minimum atomic E-state index is -4.50. The minimum absolute atomic E-state index is 0.00834. The zero-order valence-electron chi connectivity index (χ0n) is 14.4. The molecule has 0 bridgehead atoms. The van der Waals surface area contributed by atoms with Gasteiger partial charge in [0.05, 0.1) is 17.0 Å². The fraction of sp³-hybridized carbons (Fsp3) is 0.167. The molecule has 1 atom stereocenters. The molecule has 0 spiro atoms. The van der Waals surface area contributed by atoms with Crippen LogP contribution in [0.25, 0.3) is 0 Å². The number of benzene rings is 2. The summed E-state index contributed by atoms with van der Waals surface area (Å²) < 4.78 is 39.4. The van der Waals surface area contributed by atoms with Crippen LogP contribution in [0.1, 0.15) is 16.7 Å². The minimum Gasteiger partial charge on any atom is -0.507 e. The number of nitrogens with zero attached hydrogens (tertiary/aromatic N) is 2. The number of halogens is 5. The molecule has 0 aliphatic carbocycles. The molecule has 0 aromatic heterocycles. The number of hydrogen-bond donors (Lipinski definition) is 2. The highest BCUT2D eigenvalue weighted by Crippen LogP contribution is 2.33. The number of phenolic OH excluding ortho intramolecular Hbond substituents is 1. The van der Waals surface area contributed by atoms with Crippen LogP contribution in [0.4, 0.5) is 13.2 Å². The SMILES string of the molecule is O=C1NC(=N/N=C/c2cc(Br)ccc2O)SC1Cc1cc(C(F)(F)F)ccc1Cl. The Morgan fingerprint density at radius 1 is 1.28 bits per heavy atom. The first-order valence-electron chi connectivity index (χ1n) is 8.06. The number of carbonyl (C=O) groups is 1. The predicted octanol–water partition coefficient (Wildman–Crippen LogP) is 4.99. The topological polar surface area (TPSA) is 74.0 Å². The van der Waals surface area contributed by atoms with Crippen molar-refractivity contribution in [3.8, 4) is 5.75 Å². The molecule has 1 heterocycles. The third kappa shape index (κ3) is 5.52. The summed E-state index contributed by atoms with van der Waals surface area (Å²) in [4.78, 5) is 12.1. The lowest BCUT2D eigenvalue weighted by atomic mass is 10.1. The van der Waals surface area contributed by atoms with Gasteiger partial charge in [-0.1, -0.05) is 39.3 Å². The van der Waals surface area contributed by atoms with E-state index in [9.17, 15) is 23.1 Å². The van der Waals surface area contributed by atoms with Gasteiger partial charge in [-0.05, 0) is 48.4 Å². The fourth-order valence-electron chi connectivity index (χ4n) is 2.47. The molecule has 1 unspecified atom stereocenters. The van der Waals surface area contributed by atoms with Crippen molar-refractivity contribution in [2.24, 2.45) is 10.2 Å². The average Bonchev–Trinajstić information content (AvgIpc) is 2.98. The number of hydrogen-bond acceptors (Lipinski definition) is 5.